The quantitative estimate of drug-likeness (QED) is 0.691. The molecule has 0 aliphatic rings. The van der Waals surface area contributed by atoms with Gasteiger partial charge >= 0.3 is 12.1 Å². The third-order valence-corrected chi connectivity index (χ3v) is 1.81. The Kier molecular flexibility index (Phi) is 11.0. The number of hydrogen-bond acceptors (Lipinski definition) is 2. The molecule has 96 valence electrons. The molecule has 4 amide bonds. The molecule has 0 aromatic carbocycles. The van der Waals surface area contributed by atoms with Gasteiger partial charge in [0.25, 0.3) is 0 Å². The Morgan fingerprint density at radius 2 is 1.25 bits per heavy atom. The number of hydrogen-bond donors (Lipinski definition) is 3. The lowest BCUT2D eigenvalue weighted by molar-refractivity contribution is 0.236. The van der Waals surface area contributed by atoms with E-state index in [0.29, 0.717) is 0 Å². The summed E-state index contributed by atoms with van der Waals surface area (Å²) in [7, 11) is 0. The molecule has 5 N–H and O–H groups in total. The van der Waals surface area contributed by atoms with Gasteiger partial charge in [0.15, 0.2) is 0 Å². The lowest BCUT2D eigenvalue weighted by Gasteiger charge is -2.05. The van der Waals surface area contributed by atoms with Crippen molar-refractivity contribution in [1.29, 1.82) is 0 Å². The van der Waals surface area contributed by atoms with E-state index in [1.54, 1.807) is 5.32 Å². The fourth-order valence-corrected chi connectivity index (χ4v) is 1.06. The Balaban J connectivity index is 0. The lowest BCUT2D eigenvalue weighted by Crippen LogP contribution is -2.38. The zero-order chi connectivity index (χ0) is 13.1. The van der Waals surface area contributed by atoms with Crippen LogP contribution in [0.3, 0.4) is 0 Å². The van der Waals surface area contributed by atoms with Crippen LogP contribution in [-0.4, -0.2) is 12.1 Å². The molecule has 0 unspecified atom stereocenters. The summed E-state index contributed by atoms with van der Waals surface area (Å²) in [5.41, 5.74) is 8.88. The predicted molar refractivity (Wildman–Crippen MR) is 65.8 cm³/mol. The van der Waals surface area contributed by atoms with Crippen LogP contribution in [0.2, 0.25) is 0 Å². The van der Waals surface area contributed by atoms with E-state index in [9.17, 15) is 9.59 Å². The van der Waals surface area contributed by atoms with Crippen LogP contribution >= 0.6 is 0 Å². The van der Waals surface area contributed by atoms with Crippen LogP contribution in [0.1, 0.15) is 47.0 Å². The zero-order valence-corrected chi connectivity index (χ0v) is 10.7. The third-order valence-electron chi connectivity index (χ3n) is 1.81. The molecule has 16 heavy (non-hydrogen) atoms. The number of rotatable bonds is 4. The highest BCUT2D eigenvalue weighted by Crippen LogP contribution is 2.10. The molecule has 0 aliphatic carbocycles. The molecule has 0 atom stereocenters. The number of urea groups is 2. The number of primary amides is 2. The number of nitrogens with two attached hydrogens (primary N) is 2. The second-order valence-electron chi connectivity index (χ2n) is 4.57. The molecule has 0 heterocycles. The molecular weight excluding hydrogens is 206 g/mol. The van der Waals surface area contributed by atoms with E-state index >= 15 is 0 Å². The third kappa shape index (κ3) is 23.0. The second kappa shape index (κ2) is 10.3. The maximum atomic E-state index is 9.62. The molecule has 0 bridgehead atoms. The normalized spacial score (nSPS) is 9.62. The van der Waals surface area contributed by atoms with Gasteiger partial charge in [0.2, 0.25) is 0 Å². The van der Waals surface area contributed by atoms with Gasteiger partial charge in [-0.3, -0.25) is 5.32 Å². The molecular formula is C11H25N3O2. The van der Waals surface area contributed by atoms with Crippen molar-refractivity contribution in [2.45, 2.75) is 47.0 Å². The number of carbonyl (C=O) groups excluding carboxylic acids is 2. The van der Waals surface area contributed by atoms with Gasteiger partial charge in [-0.05, 0) is 11.8 Å². The minimum absolute atomic E-state index is 0.892. The number of amides is 4. The Labute approximate surface area is 97.9 Å². The van der Waals surface area contributed by atoms with E-state index in [2.05, 4.69) is 39.2 Å². The highest BCUT2D eigenvalue weighted by atomic mass is 16.2. The molecule has 0 aliphatic heterocycles. The van der Waals surface area contributed by atoms with Crippen molar-refractivity contribution in [3.05, 3.63) is 0 Å². The van der Waals surface area contributed by atoms with Gasteiger partial charge in [-0.25, -0.2) is 9.59 Å². The summed E-state index contributed by atoms with van der Waals surface area (Å²) in [4.78, 5) is 19.2. The summed E-state index contributed by atoms with van der Waals surface area (Å²) in [6.07, 6.45) is 4.21. The molecule has 5 nitrogen and oxygen atoms in total. The molecule has 0 saturated heterocycles. The standard InChI is InChI=1S/C9H20.C2H5N3O2/c1-8(2)6-5-7-9(3)4;3-1(6)5-2(4)7/h8-9H,5-7H2,1-4H3;(H5,3,4,5,6,7). The fourth-order valence-electron chi connectivity index (χ4n) is 1.06. The van der Waals surface area contributed by atoms with Gasteiger partial charge in [-0.1, -0.05) is 47.0 Å². The van der Waals surface area contributed by atoms with Crippen molar-refractivity contribution in [3.63, 3.8) is 0 Å². The first-order valence-corrected chi connectivity index (χ1v) is 5.61. The number of nitrogens with one attached hydrogen (secondary N) is 1. The maximum Gasteiger partial charge on any atom is 0.320 e. The first kappa shape index (κ1) is 17.1. The molecule has 0 radical (unpaired) electrons. The van der Waals surface area contributed by atoms with Gasteiger partial charge in [0, 0.05) is 0 Å². The highest BCUT2D eigenvalue weighted by molar-refractivity contribution is 5.91. The molecule has 0 aromatic heterocycles. The Bertz CT molecular complexity index is 183. The van der Waals surface area contributed by atoms with Crippen molar-refractivity contribution in [3.8, 4) is 0 Å². The summed E-state index contributed by atoms with van der Waals surface area (Å²) in [5.74, 6) is 1.78. The van der Waals surface area contributed by atoms with E-state index in [0.717, 1.165) is 11.8 Å². The van der Waals surface area contributed by atoms with Crippen molar-refractivity contribution in [1.82, 2.24) is 5.32 Å². The van der Waals surface area contributed by atoms with Crippen LogP contribution in [0, 0.1) is 11.8 Å². The van der Waals surface area contributed by atoms with Gasteiger partial charge in [0.1, 0.15) is 0 Å². The Morgan fingerprint density at radius 1 is 0.938 bits per heavy atom. The van der Waals surface area contributed by atoms with E-state index in [4.69, 9.17) is 0 Å². The first-order chi connectivity index (χ1) is 7.25. The van der Waals surface area contributed by atoms with Crippen molar-refractivity contribution >= 4 is 12.1 Å². The minimum atomic E-state index is -0.938. The average Bonchev–Trinajstić information content (AvgIpc) is 2.00. The van der Waals surface area contributed by atoms with E-state index in [-0.39, 0.29) is 0 Å². The summed E-state index contributed by atoms with van der Waals surface area (Å²) < 4.78 is 0. The van der Waals surface area contributed by atoms with Gasteiger partial charge in [0.05, 0.1) is 0 Å². The topological polar surface area (TPSA) is 98.2 Å². The van der Waals surface area contributed by atoms with E-state index in [1.165, 1.54) is 19.3 Å². The van der Waals surface area contributed by atoms with Gasteiger partial charge < -0.3 is 11.5 Å². The van der Waals surface area contributed by atoms with Crippen LogP contribution in [0.4, 0.5) is 9.59 Å². The molecule has 0 spiro atoms. The van der Waals surface area contributed by atoms with Crippen LogP contribution in [-0.2, 0) is 0 Å². The SMILES string of the molecule is CC(C)CCCC(C)C.NC(=O)NC(N)=O. The van der Waals surface area contributed by atoms with Gasteiger partial charge in [-0.2, -0.15) is 0 Å². The highest BCUT2D eigenvalue weighted by Gasteiger charge is 1.95. The molecule has 0 rings (SSSR count). The summed E-state index contributed by atoms with van der Waals surface area (Å²) in [6.45, 7) is 9.17. The molecule has 5 heteroatoms. The van der Waals surface area contributed by atoms with Crippen LogP contribution in [0.15, 0.2) is 0 Å². The summed E-state index contributed by atoms with van der Waals surface area (Å²) in [5, 5.41) is 1.58. The first-order valence-electron chi connectivity index (χ1n) is 5.61. The average molecular weight is 231 g/mol. The van der Waals surface area contributed by atoms with Crippen molar-refractivity contribution < 1.29 is 9.59 Å². The maximum absolute atomic E-state index is 9.62. The zero-order valence-electron chi connectivity index (χ0n) is 10.7. The van der Waals surface area contributed by atoms with E-state index < -0.39 is 12.1 Å². The molecule has 0 fully saturated rings. The molecule has 0 aromatic rings. The van der Waals surface area contributed by atoms with Crippen LogP contribution in [0.25, 0.3) is 0 Å². The summed E-state index contributed by atoms with van der Waals surface area (Å²) >= 11 is 0. The second-order valence-corrected chi connectivity index (χ2v) is 4.57. The van der Waals surface area contributed by atoms with Crippen molar-refractivity contribution in [2.75, 3.05) is 0 Å². The van der Waals surface area contributed by atoms with Crippen LogP contribution < -0.4 is 16.8 Å². The predicted octanol–water partition coefficient (Wildman–Crippen LogP) is 2.20. The monoisotopic (exact) mass is 231 g/mol. The summed E-state index contributed by atoms with van der Waals surface area (Å²) in [6, 6.07) is -1.88. The largest absolute Gasteiger partial charge is 0.351 e. The Hall–Kier alpha value is -1.26. The molecule has 0 saturated carbocycles. The number of imide groups is 1. The van der Waals surface area contributed by atoms with E-state index in [1.807, 2.05) is 0 Å². The number of carbonyl (C=O) groups is 2. The Morgan fingerprint density at radius 3 is 1.38 bits per heavy atom. The van der Waals surface area contributed by atoms with Crippen molar-refractivity contribution in [2.24, 2.45) is 23.3 Å². The fraction of sp³-hybridized carbons (Fsp3) is 0.818. The minimum Gasteiger partial charge on any atom is -0.351 e. The lowest BCUT2D eigenvalue weighted by atomic mass is 10.0. The van der Waals surface area contributed by atoms with Crippen LogP contribution in [0.5, 0.6) is 0 Å². The smallest absolute Gasteiger partial charge is 0.320 e. The van der Waals surface area contributed by atoms with Gasteiger partial charge in [-0.15, -0.1) is 0 Å².